The summed E-state index contributed by atoms with van der Waals surface area (Å²) in [4.78, 5) is 12.0. The molecule has 0 saturated carbocycles. The van der Waals surface area contributed by atoms with Crippen LogP contribution in [-0.4, -0.2) is 16.5 Å². The highest BCUT2D eigenvalue weighted by Gasteiger charge is 2.20. The number of nitrogens with two attached hydrogens (primary N) is 1. The Balaban J connectivity index is 2.74. The van der Waals surface area contributed by atoms with E-state index in [1.165, 1.54) is 18.8 Å². The minimum absolute atomic E-state index is 0.0237. The average molecular weight is 287 g/mol. The van der Waals surface area contributed by atoms with Crippen LogP contribution in [0.4, 0.5) is 18.9 Å². The molecule has 0 fully saturated rings. The highest BCUT2D eigenvalue weighted by atomic mass is 19.2. The van der Waals surface area contributed by atoms with Crippen molar-refractivity contribution in [1.29, 1.82) is 0 Å². The molecule has 0 bridgehead atoms. The van der Waals surface area contributed by atoms with Gasteiger partial charge in [0.1, 0.15) is 11.4 Å². The first-order valence-electron chi connectivity index (χ1n) is 5.58. The van der Waals surface area contributed by atoms with Gasteiger partial charge in [-0.1, -0.05) is 0 Å². The van der Waals surface area contributed by atoms with Crippen LogP contribution >= 0.6 is 0 Å². The number of halogens is 3. The average Bonchev–Trinajstić information content (AvgIpc) is 2.59. The number of nitrogens with zero attached hydrogens (tertiary/aromatic N) is 2. The Labute approximate surface area is 112 Å². The summed E-state index contributed by atoms with van der Waals surface area (Å²) >= 11 is 0. The summed E-state index contributed by atoms with van der Waals surface area (Å²) in [7, 11) is 2.84. The Morgan fingerprint density at radius 1 is 1.20 bits per heavy atom. The molecule has 0 atom stereocenters. The van der Waals surface area contributed by atoms with Crippen LogP contribution in [0.15, 0.2) is 16.9 Å². The number of methoxy groups -OCH3 is 1. The van der Waals surface area contributed by atoms with Crippen LogP contribution < -0.4 is 11.3 Å². The summed E-state index contributed by atoms with van der Waals surface area (Å²) in [5.74, 6) is -3.67. The smallest absolute Gasteiger partial charge is 0.295 e. The van der Waals surface area contributed by atoms with E-state index in [1.807, 2.05) is 0 Å². The molecule has 5 nitrogen and oxygen atoms in total. The van der Waals surface area contributed by atoms with Crippen LogP contribution in [0.5, 0.6) is 0 Å². The normalized spacial score (nSPS) is 11.1. The van der Waals surface area contributed by atoms with Gasteiger partial charge >= 0.3 is 0 Å². The van der Waals surface area contributed by atoms with Gasteiger partial charge in [-0.05, 0) is 0 Å². The lowest BCUT2D eigenvalue weighted by molar-refractivity contribution is 0.177. The zero-order valence-corrected chi connectivity index (χ0v) is 10.8. The predicted molar refractivity (Wildman–Crippen MR) is 66.0 cm³/mol. The third-order valence-electron chi connectivity index (χ3n) is 2.92. The van der Waals surface area contributed by atoms with E-state index in [0.29, 0.717) is 17.8 Å². The maximum atomic E-state index is 13.8. The third kappa shape index (κ3) is 2.07. The lowest BCUT2D eigenvalue weighted by Crippen LogP contribution is -2.22. The third-order valence-corrected chi connectivity index (χ3v) is 2.92. The van der Waals surface area contributed by atoms with Crippen molar-refractivity contribution >= 4 is 5.69 Å². The van der Waals surface area contributed by atoms with Gasteiger partial charge in [-0.2, -0.15) is 0 Å². The van der Waals surface area contributed by atoms with E-state index in [-0.39, 0.29) is 12.3 Å². The van der Waals surface area contributed by atoms with Crippen molar-refractivity contribution < 1.29 is 17.9 Å². The molecule has 2 N–H and O–H groups in total. The molecule has 108 valence electrons. The number of nitrogen functional groups attached to an aromatic ring is 1. The number of rotatable bonds is 3. The van der Waals surface area contributed by atoms with E-state index in [0.717, 1.165) is 4.68 Å². The number of ether oxygens (including phenoxy) is 1. The molecule has 20 heavy (non-hydrogen) atoms. The first-order chi connectivity index (χ1) is 9.38. The van der Waals surface area contributed by atoms with Crippen molar-refractivity contribution in [3.63, 3.8) is 0 Å². The Morgan fingerprint density at radius 3 is 2.40 bits per heavy atom. The Bertz CT molecular complexity index is 722. The van der Waals surface area contributed by atoms with Crippen LogP contribution in [0, 0.1) is 17.5 Å². The van der Waals surface area contributed by atoms with E-state index in [2.05, 4.69) is 0 Å². The monoisotopic (exact) mass is 287 g/mol. The van der Waals surface area contributed by atoms with Gasteiger partial charge in [-0.25, -0.2) is 17.9 Å². The van der Waals surface area contributed by atoms with Gasteiger partial charge in [-0.3, -0.25) is 9.48 Å². The molecular weight excluding hydrogens is 275 g/mol. The maximum Gasteiger partial charge on any atom is 0.295 e. The number of aromatic nitrogens is 2. The van der Waals surface area contributed by atoms with Crippen molar-refractivity contribution in [3.8, 4) is 5.69 Å². The van der Waals surface area contributed by atoms with E-state index in [9.17, 15) is 18.0 Å². The fourth-order valence-corrected chi connectivity index (χ4v) is 1.92. The lowest BCUT2D eigenvalue weighted by Gasteiger charge is -2.10. The fraction of sp³-hybridized carbons (Fsp3) is 0.250. The number of hydrogen-bond acceptors (Lipinski definition) is 3. The molecule has 2 rings (SSSR count). The van der Waals surface area contributed by atoms with Crippen molar-refractivity contribution in [2.24, 2.45) is 7.05 Å². The zero-order valence-electron chi connectivity index (χ0n) is 10.8. The highest BCUT2D eigenvalue weighted by molar-refractivity contribution is 5.45. The molecule has 0 unspecified atom stereocenters. The molecule has 0 radical (unpaired) electrons. The summed E-state index contributed by atoms with van der Waals surface area (Å²) in [5, 5.41) is 0. The molecule has 2 aromatic rings. The van der Waals surface area contributed by atoms with Gasteiger partial charge in [-0.15, -0.1) is 0 Å². The van der Waals surface area contributed by atoms with E-state index < -0.39 is 28.7 Å². The van der Waals surface area contributed by atoms with Gasteiger partial charge in [0.25, 0.3) is 5.56 Å². The summed E-state index contributed by atoms with van der Waals surface area (Å²) in [6.45, 7) is 0.0237. The van der Waals surface area contributed by atoms with Crippen molar-refractivity contribution in [3.05, 3.63) is 45.6 Å². The van der Waals surface area contributed by atoms with E-state index in [1.54, 1.807) is 0 Å². The van der Waals surface area contributed by atoms with Crippen LogP contribution in [-0.2, 0) is 18.4 Å². The van der Waals surface area contributed by atoms with Crippen LogP contribution in [0.1, 0.15) is 5.69 Å². The second-order valence-corrected chi connectivity index (χ2v) is 4.15. The largest absolute Gasteiger partial charge is 0.393 e. The predicted octanol–water partition coefficient (Wildman–Crippen LogP) is 1.32. The van der Waals surface area contributed by atoms with Crippen LogP contribution in [0.3, 0.4) is 0 Å². The molecule has 1 aromatic carbocycles. The molecule has 0 aliphatic heterocycles. The molecule has 0 aliphatic rings. The lowest BCUT2D eigenvalue weighted by atomic mass is 10.3. The minimum Gasteiger partial charge on any atom is -0.393 e. The second-order valence-electron chi connectivity index (χ2n) is 4.15. The van der Waals surface area contributed by atoms with E-state index in [4.69, 9.17) is 10.5 Å². The molecule has 0 spiro atoms. The molecule has 1 aromatic heterocycles. The summed E-state index contributed by atoms with van der Waals surface area (Å²) in [6, 6.07) is 0.971. The summed E-state index contributed by atoms with van der Waals surface area (Å²) in [5.41, 5.74) is 4.63. The van der Waals surface area contributed by atoms with Gasteiger partial charge in [0, 0.05) is 26.3 Å². The van der Waals surface area contributed by atoms with Gasteiger partial charge in [0.2, 0.25) is 0 Å². The Morgan fingerprint density at radius 2 is 1.80 bits per heavy atom. The van der Waals surface area contributed by atoms with Crippen LogP contribution in [0.2, 0.25) is 0 Å². The number of hydrogen-bond donors (Lipinski definition) is 1. The quantitative estimate of drug-likeness (QED) is 0.866. The molecule has 1 heterocycles. The summed E-state index contributed by atoms with van der Waals surface area (Å²) in [6.07, 6.45) is 0. The van der Waals surface area contributed by atoms with Crippen molar-refractivity contribution in [2.45, 2.75) is 6.61 Å². The maximum absolute atomic E-state index is 13.8. The van der Waals surface area contributed by atoms with Gasteiger partial charge in [0.05, 0.1) is 12.3 Å². The van der Waals surface area contributed by atoms with Gasteiger partial charge < -0.3 is 10.5 Å². The standard InChI is InChI=1S/C12H12F3N3O2/c1-17-10(5-20-2)11(16)12(19)18(17)9-4-7(14)6(13)3-8(9)15/h3-4H,5,16H2,1-2H3. The number of benzene rings is 1. The Kier molecular flexibility index (Phi) is 3.58. The number of anilines is 1. The van der Waals surface area contributed by atoms with Crippen LogP contribution in [0.25, 0.3) is 5.69 Å². The topological polar surface area (TPSA) is 62.2 Å². The molecule has 8 heteroatoms. The molecule has 0 saturated heterocycles. The first kappa shape index (κ1) is 14.2. The zero-order chi connectivity index (χ0) is 15.0. The van der Waals surface area contributed by atoms with Crippen molar-refractivity contribution in [1.82, 2.24) is 9.36 Å². The minimum atomic E-state index is -1.33. The SMILES string of the molecule is COCc1c(N)c(=O)n(-c2cc(F)c(F)cc2F)n1C. The first-order valence-corrected chi connectivity index (χ1v) is 5.58. The summed E-state index contributed by atoms with van der Waals surface area (Å²) < 4.78 is 46.9. The fourth-order valence-electron chi connectivity index (χ4n) is 1.92. The molecule has 0 aliphatic carbocycles. The highest BCUT2D eigenvalue weighted by Crippen LogP contribution is 2.19. The van der Waals surface area contributed by atoms with Crippen molar-refractivity contribution in [2.75, 3.05) is 12.8 Å². The molecular formula is C12H12F3N3O2. The van der Waals surface area contributed by atoms with E-state index >= 15 is 0 Å². The second kappa shape index (κ2) is 5.04. The Hall–Kier alpha value is -2.22. The van der Waals surface area contributed by atoms with Gasteiger partial charge in [0.15, 0.2) is 17.5 Å². The molecule has 0 amide bonds.